The quantitative estimate of drug-likeness (QED) is 0.308. The summed E-state index contributed by atoms with van der Waals surface area (Å²) in [6, 6.07) is 21.7. The molecule has 1 unspecified atom stereocenters. The molecule has 0 bridgehead atoms. The molecular formula is C29H35N3O3. The van der Waals surface area contributed by atoms with Crippen LogP contribution >= 0.6 is 0 Å². The number of urea groups is 1. The van der Waals surface area contributed by atoms with E-state index in [1.54, 1.807) is 30.3 Å². The van der Waals surface area contributed by atoms with Gasteiger partial charge in [-0.25, -0.2) is 4.79 Å². The Kier molecular flexibility index (Phi) is 8.90. The average molecular weight is 474 g/mol. The van der Waals surface area contributed by atoms with Crippen LogP contribution in [0.3, 0.4) is 0 Å². The standard InChI is InChI=1S/C29H35N3O3/c1-19(2)25-14-9-15-26(20(3)4)27(25)32-29(35)31-18-23(22-12-8-13-24(33)16-22)17-30-28(34)21-10-6-5-7-11-21/h5-16,19-20,23,33H,17-18H2,1-4H3,(H,30,34)(H2,31,32,35). The Labute approximate surface area is 207 Å². The van der Waals surface area contributed by atoms with Crippen LogP contribution in [0, 0.1) is 0 Å². The van der Waals surface area contributed by atoms with Crippen LogP contribution in [0.15, 0.2) is 72.8 Å². The molecule has 0 aliphatic carbocycles. The van der Waals surface area contributed by atoms with Crippen molar-refractivity contribution in [1.82, 2.24) is 10.6 Å². The molecule has 0 heterocycles. The maximum Gasteiger partial charge on any atom is 0.319 e. The third kappa shape index (κ3) is 7.09. The van der Waals surface area contributed by atoms with Crippen molar-refractivity contribution in [3.8, 4) is 5.75 Å². The summed E-state index contributed by atoms with van der Waals surface area (Å²) >= 11 is 0. The number of carbonyl (C=O) groups excluding carboxylic acids is 2. The molecule has 0 aliphatic heterocycles. The Morgan fingerprint density at radius 3 is 1.97 bits per heavy atom. The molecule has 0 aliphatic rings. The predicted molar refractivity (Wildman–Crippen MR) is 141 cm³/mol. The molecule has 3 aromatic rings. The van der Waals surface area contributed by atoms with Gasteiger partial charge in [0, 0.05) is 30.3 Å². The predicted octanol–water partition coefficient (Wildman–Crippen LogP) is 5.97. The molecule has 4 N–H and O–H groups in total. The van der Waals surface area contributed by atoms with Gasteiger partial charge in [0.05, 0.1) is 0 Å². The minimum Gasteiger partial charge on any atom is -0.508 e. The van der Waals surface area contributed by atoms with Gasteiger partial charge in [-0.15, -0.1) is 0 Å². The topological polar surface area (TPSA) is 90.5 Å². The number of anilines is 1. The summed E-state index contributed by atoms with van der Waals surface area (Å²) < 4.78 is 0. The molecule has 6 heteroatoms. The fourth-order valence-corrected chi connectivity index (χ4v) is 4.06. The SMILES string of the molecule is CC(C)c1cccc(C(C)C)c1NC(=O)NCC(CNC(=O)c1ccccc1)c1cccc(O)c1. The first kappa shape index (κ1) is 25.8. The number of phenolic OH excluding ortho intramolecular Hbond substituents is 1. The number of amides is 3. The first-order chi connectivity index (χ1) is 16.8. The lowest BCUT2D eigenvalue weighted by Gasteiger charge is -2.22. The van der Waals surface area contributed by atoms with Crippen molar-refractivity contribution >= 4 is 17.6 Å². The highest BCUT2D eigenvalue weighted by Crippen LogP contribution is 2.32. The number of benzene rings is 3. The van der Waals surface area contributed by atoms with Gasteiger partial charge in [-0.1, -0.05) is 76.2 Å². The normalized spacial score (nSPS) is 11.8. The van der Waals surface area contributed by atoms with E-state index in [2.05, 4.69) is 43.6 Å². The molecular weight excluding hydrogens is 438 g/mol. The molecule has 0 radical (unpaired) electrons. The van der Waals surface area contributed by atoms with Gasteiger partial charge in [0.15, 0.2) is 0 Å². The average Bonchev–Trinajstić information content (AvgIpc) is 2.84. The van der Waals surface area contributed by atoms with Crippen molar-refractivity contribution in [3.05, 3.63) is 95.1 Å². The number of hydrogen-bond donors (Lipinski definition) is 4. The highest BCUT2D eigenvalue weighted by molar-refractivity contribution is 5.94. The molecule has 184 valence electrons. The monoisotopic (exact) mass is 473 g/mol. The van der Waals surface area contributed by atoms with Gasteiger partial charge < -0.3 is 21.1 Å². The molecule has 0 saturated heterocycles. The van der Waals surface area contributed by atoms with Gasteiger partial charge >= 0.3 is 6.03 Å². The molecule has 6 nitrogen and oxygen atoms in total. The molecule has 0 fully saturated rings. The van der Waals surface area contributed by atoms with Gasteiger partial charge in [0.2, 0.25) is 0 Å². The zero-order chi connectivity index (χ0) is 25.4. The third-order valence-corrected chi connectivity index (χ3v) is 6.01. The number of nitrogens with one attached hydrogen (secondary N) is 3. The second kappa shape index (κ2) is 12.1. The highest BCUT2D eigenvalue weighted by Gasteiger charge is 2.19. The van der Waals surface area contributed by atoms with Crippen molar-refractivity contribution in [2.75, 3.05) is 18.4 Å². The van der Waals surface area contributed by atoms with Crippen molar-refractivity contribution in [2.45, 2.75) is 45.4 Å². The Balaban J connectivity index is 1.73. The Bertz CT molecular complexity index is 1120. The first-order valence-corrected chi connectivity index (χ1v) is 12.1. The molecule has 35 heavy (non-hydrogen) atoms. The second-order valence-corrected chi connectivity index (χ2v) is 9.32. The lowest BCUT2D eigenvalue weighted by Crippen LogP contribution is -2.37. The van der Waals surface area contributed by atoms with Crippen LogP contribution in [0.2, 0.25) is 0 Å². The Morgan fingerprint density at radius 2 is 1.37 bits per heavy atom. The van der Waals surface area contributed by atoms with E-state index in [-0.39, 0.29) is 42.0 Å². The minimum absolute atomic E-state index is 0.138. The summed E-state index contributed by atoms with van der Waals surface area (Å²) in [5.74, 6) is 0.242. The van der Waals surface area contributed by atoms with Crippen LogP contribution < -0.4 is 16.0 Å². The summed E-state index contributed by atoms with van der Waals surface area (Å²) in [4.78, 5) is 25.5. The second-order valence-electron chi connectivity index (χ2n) is 9.32. The van der Waals surface area contributed by atoms with E-state index >= 15 is 0 Å². The maximum atomic E-state index is 13.0. The van der Waals surface area contributed by atoms with E-state index in [9.17, 15) is 14.7 Å². The van der Waals surface area contributed by atoms with Gasteiger partial charge in [0.1, 0.15) is 5.75 Å². The fraction of sp³-hybridized carbons (Fsp3) is 0.310. The van der Waals surface area contributed by atoms with Crippen molar-refractivity contribution in [3.63, 3.8) is 0 Å². The highest BCUT2D eigenvalue weighted by atomic mass is 16.3. The summed E-state index contributed by atoms with van der Waals surface area (Å²) in [6.45, 7) is 9.01. The molecule has 3 amide bonds. The van der Waals surface area contributed by atoms with E-state index < -0.39 is 0 Å². The van der Waals surface area contributed by atoms with Crippen LogP contribution in [-0.4, -0.2) is 30.1 Å². The van der Waals surface area contributed by atoms with Gasteiger partial charge in [0.25, 0.3) is 5.91 Å². The molecule has 3 aromatic carbocycles. The number of phenols is 1. The number of carbonyl (C=O) groups is 2. The lowest BCUT2D eigenvalue weighted by atomic mass is 9.93. The van der Waals surface area contributed by atoms with Crippen molar-refractivity contribution in [1.29, 1.82) is 0 Å². The smallest absolute Gasteiger partial charge is 0.319 e. The van der Waals surface area contributed by atoms with Crippen molar-refractivity contribution < 1.29 is 14.7 Å². The van der Waals surface area contributed by atoms with E-state index in [4.69, 9.17) is 0 Å². The van der Waals surface area contributed by atoms with Gasteiger partial charge in [-0.2, -0.15) is 0 Å². The van der Waals surface area contributed by atoms with Crippen LogP contribution in [-0.2, 0) is 0 Å². The van der Waals surface area contributed by atoms with Crippen molar-refractivity contribution in [2.24, 2.45) is 0 Å². The minimum atomic E-state index is -0.306. The molecule has 0 spiro atoms. The van der Waals surface area contributed by atoms with Crippen LogP contribution in [0.4, 0.5) is 10.5 Å². The number of rotatable bonds is 9. The summed E-state index contributed by atoms with van der Waals surface area (Å²) in [7, 11) is 0. The lowest BCUT2D eigenvalue weighted by molar-refractivity contribution is 0.0951. The molecule has 0 aromatic heterocycles. The largest absolute Gasteiger partial charge is 0.508 e. The number of hydrogen-bond acceptors (Lipinski definition) is 3. The molecule has 0 saturated carbocycles. The Morgan fingerprint density at radius 1 is 0.771 bits per heavy atom. The van der Waals surface area contributed by atoms with Gasteiger partial charge in [-0.3, -0.25) is 4.79 Å². The summed E-state index contributed by atoms with van der Waals surface area (Å²) in [5.41, 5.74) is 4.42. The fourth-order valence-electron chi connectivity index (χ4n) is 4.06. The number of aromatic hydroxyl groups is 1. The molecule has 3 rings (SSSR count). The maximum absolute atomic E-state index is 13.0. The summed E-state index contributed by atoms with van der Waals surface area (Å²) in [5, 5.41) is 18.9. The van der Waals surface area contributed by atoms with E-state index in [1.807, 2.05) is 42.5 Å². The van der Waals surface area contributed by atoms with E-state index in [0.717, 1.165) is 22.4 Å². The first-order valence-electron chi connectivity index (χ1n) is 12.1. The van der Waals surface area contributed by atoms with Gasteiger partial charge in [-0.05, 0) is 52.8 Å². The van der Waals surface area contributed by atoms with Crippen LogP contribution in [0.25, 0.3) is 0 Å². The molecule has 1 atom stereocenters. The van der Waals surface area contributed by atoms with E-state index in [0.29, 0.717) is 12.1 Å². The third-order valence-electron chi connectivity index (χ3n) is 6.01. The van der Waals surface area contributed by atoms with Crippen LogP contribution in [0.5, 0.6) is 5.75 Å². The zero-order valence-corrected chi connectivity index (χ0v) is 20.8. The Hall–Kier alpha value is -3.80. The zero-order valence-electron chi connectivity index (χ0n) is 20.8. The number of para-hydroxylation sites is 1. The van der Waals surface area contributed by atoms with Crippen LogP contribution in [0.1, 0.15) is 72.5 Å². The van der Waals surface area contributed by atoms with E-state index in [1.165, 1.54) is 0 Å². The summed E-state index contributed by atoms with van der Waals surface area (Å²) in [6.07, 6.45) is 0.